The average molecular weight is 416 g/mol. The van der Waals surface area contributed by atoms with Gasteiger partial charge in [0.25, 0.3) is 5.91 Å². The second-order valence-corrected chi connectivity index (χ2v) is 7.63. The number of anilines is 1. The summed E-state index contributed by atoms with van der Waals surface area (Å²) in [5.41, 5.74) is 0.00298. The van der Waals surface area contributed by atoms with Gasteiger partial charge in [0.1, 0.15) is 12.4 Å². The smallest absolute Gasteiger partial charge is 0.340 e. The van der Waals surface area contributed by atoms with Crippen LogP contribution in [0.4, 0.5) is 10.1 Å². The van der Waals surface area contributed by atoms with E-state index in [-0.39, 0.29) is 6.54 Å². The highest BCUT2D eigenvalue weighted by Gasteiger charge is 2.30. The quantitative estimate of drug-likeness (QED) is 0.677. The highest BCUT2D eigenvalue weighted by atomic mass is 19.1. The predicted molar refractivity (Wildman–Crippen MR) is 109 cm³/mol. The molecule has 2 amide bonds. The summed E-state index contributed by atoms with van der Waals surface area (Å²) in [7, 11) is 0. The second kappa shape index (κ2) is 9.98. The van der Waals surface area contributed by atoms with Gasteiger partial charge in [0.15, 0.2) is 12.7 Å². The molecular formula is C22H25FN2O5. The minimum absolute atomic E-state index is 0.293. The van der Waals surface area contributed by atoms with Crippen molar-refractivity contribution < 1.29 is 28.6 Å². The number of esters is 1. The molecule has 2 aromatic rings. The number of benzene rings is 2. The number of carbonyl (C=O) groups excluding carboxylic acids is 3. The van der Waals surface area contributed by atoms with Crippen LogP contribution in [0.5, 0.6) is 0 Å². The normalized spacial score (nSPS) is 12.0. The van der Waals surface area contributed by atoms with Crippen LogP contribution in [-0.4, -0.2) is 46.5 Å². The van der Waals surface area contributed by atoms with Gasteiger partial charge >= 0.3 is 5.97 Å². The molecule has 2 rings (SSSR count). The lowest BCUT2D eigenvalue weighted by atomic mass is 10.1. The van der Waals surface area contributed by atoms with E-state index in [2.05, 4.69) is 5.32 Å². The van der Waals surface area contributed by atoms with Crippen LogP contribution in [0.2, 0.25) is 0 Å². The second-order valence-electron chi connectivity index (χ2n) is 7.63. The Kier molecular flexibility index (Phi) is 7.66. The number of carbonyl (C=O) groups is 3. The maximum absolute atomic E-state index is 13.0. The molecule has 0 heterocycles. The lowest BCUT2D eigenvalue weighted by Gasteiger charge is -2.35. The Morgan fingerprint density at radius 1 is 1.07 bits per heavy atom. The Labute approximate surface area is 174 Å². The first kappa shape index (κ1) is 23.0. The number of rotatable bonds is 7. The standard InChI is InChI=1S/C22H25FN2O5/c1-22(2,3)25(13-18(26)24-17-11-9-16(23)10-12-17)19(27)14-30-21(29)20(28)15-7-5-4-6-8-15/h4-12,20,28H,13-14H2,1-3H3,(H,24,26)/t20-/m1/s1. The van der Waals surface area contributed by atoms with Crippen LogP contribution >= 0.6 is 0 Å². The Bertz CT molecular complexity index is 879. The van der Waals surface area contributed by atoms with Crippen LogP contribution < -0.4 is 5.32 Å². The lowest BCUT2D eigenvalue weighted by Crippen LogP contribution is -2.50. The van der Waals surface area contributed by atoms with E-state index >= 15 is 0 Å². The van der Waals surface area contributed by atoms with Gasteiger partial charge in [-0.1, -0.05) is 30.3 Å². The molecule has 0 saturated carbocycles. The van der Waals surface area contributed by atoms with Gasteiger partial charge in [-0.05, 0) is 50.6 Å². The molecule has 0 unspecified atom stereocenters. The summed E-state index contributed by atoms with van der Waals surface area (Å²) in [6, 6.07) is 13.4. The number of aliphatic hydroxyl groups excluding tert-OH is 1. The first-order valence-electron chi connectivity index (χ1n) is 9.33. The van der Waals surface area contributed by atoms with Crippen molar-refractivity contribution in [2.45, 2.75) is 32.4 Å². The molecule has 0 bridgehead atoms. The van der Waals surface area contributed by atoms with E-state index < -0.39 is 41.9 Å². The Hall–Kier alpha value is -3.26. The van der Waals surface area contributed by atoms with Crippen molar-refractivity contribution in [3.63, 3.8) is 0 Å². The number of hydrogen-bond acceptors (Lipinski definition) is 5. The molecule has 0 spiro atoms. The maximum Gasteiger partial charge on any atom is 0.340 e. The van der Waals surface area contributed by atoms with Gasteiger partial charge in [-0.25, -0.2) is 9.18 Å². The molecule has 0 aliphatic heterocycles. The van der Waals surface area contributed by atoms with E-state index in [9.17, 15) is 23.9 Å². The highest BCUT2D eigenvalue weighted by Crippen LogP contribution is 2.17. The molecule has 2 N–H and O–H groups in total. The van der Waals surface area contributed by atoms with Gasteiger partial charge in [0.05, 0.1) is 0 Å². The van der Waals surface area contributed by atoms with Crippen molar-refractivity contribution >= 4 is 23.5 Å². The molecule has 8 heteroatoms. The van der Waals surface area contributed by atoms with E-state index in [4.69, 9.17) is 4.74 Å². The average Bonchev–Trinajstić information content (AvgIpc) is 2.71. The summed E-state index contributed by atoms with van der Waals surface area (Å²) in [5, 5.41) is 12.6. The number of nitrogens with zero attached hydrogens (tertiary/aromatic N) is 1. The van der Waals surface area contributed by atoms with Gasteiger partial charge in [0, 0.05) is 11.2 Å². The van der Waals surface area contributed by atoms with E-state index in [0.717, 1.165) is 0 Å². The minimum Gasteiger partial charge on any atom is -0.453 e. The molecular weight excluding hydrogens is 391 g/mol. The van der Waals surface area contributed by atoms with Crippen molar-refractivity contribution in [2.24, 2.45) is 0 Å². The molecule has 7 nitrogen and oxygen atoms in total. The van der Waals surface area contributed by atoms with Crippen LogP contribution in [0.25, 0.3) is 0 Å². The zero-order valence-electron chi connectivity index (χ0n) is 17.1. The van der Waals surface area contributed by atoms with Crippen molar-refractivity contribution in [2.75, 3.05) is 18.5 Å². The van der Waals surface area contributed by atoms with E-state index in [0.29, 0.717) is 11.3 Å². The zero-order chi connectivity index (χ0) is 22.3. The monoisotopic (exact) mass is 416 g/mol. The molecule has 0 saturated heterocycles. The van der Waals surface area contributed by atoms with Crippen LogP contribution in [0.15, 0.2) is 54.6 Å². The molecule has 0 aromatic heterocycles. The molecule has 30 heavy (non-hydrogen) atoms. The molecule has 0 fully saturated rings. The van der Waals surface area contributed by atoms with E-state index in [1.165, 1.54) is 29.2 Å². The summed E-state index contributed by atoms with van der Waals surface area (Å²) in [6.45, 7) is 4.28. The summed E-state index contributed by atoms with van der Waals surface area (Å²) in [6.07, 6.45) is -1.51. The fourth-order valence-electron chi connectivity index (χ4n) is 2.64. The van der Waals surface area contributed by atoms with E-state index in [1.54, 1.807) is 51.1 Å². The third kappa shape index (κ3) is 6.66. The summed E-state index contributed by atoms with van der Waals surface area (Å²) in [4.78, 5) is 38.3. The van der Waals surface area contributed by atoms with Crippen LogP contribution in [-0.2, 0) is 19.1 Å². The van der Waals surface area contributed by atoms with E-state index in [1.807, 2.05) is 0 Å². The minimum atomic E-state index is -1.51. The Morgan fingerprint density at radius 2 is 1.67 bits per heavy atom. The predicted octanol–water partition coefficient (Wildman–Crippen LogP) is 2.67. The molecule has 0 radical (unpaired) electrons. The number of halogens is 1. The van der Waals surface area contributed by atoms with Gasteiger partial charge in [0.2, 0.25) is 5.91 Å². The topological polar surface area (TPSA) is 95.9 Å². The number of aliphatic hydroxyl groups is 1. The number of amides is 2. The van der Waals surface area contributed by atoms with Crippen molar-refractivity contribution in [1.29, 1.82) is 0 Å². The summed E-state index contributed by atoms with van der Waals surface area (Å²) >= 11 is 0. The first-order valence-corrected chi connectivity index (χ1v) is 9.33. The Balaban J connectivity index is 1.97. The number of nitrogens with one attached hydrogen (secondary N) is 1. The fraction of sp³-hybridized carbons (Fsp3) is 0.318. The SMILES string of the molecule is CC(C)(C)N(CC(=O)Nc1ccc(F)cc1)C(=O)COC(=O)[C@H](O)c1ccccc1. The molecule has 2 aromatic carbocycles. The fourth-order valence-corrected chi connectivity index (χ4v) is 2.64. The molecule has 1 atom stereocenters. The first-order chi connectivity index (χ1) is 14.1. The highest BCUT2D eigenvalue weighted by molar-refractivity contribution is 5.95. The zero-order valence-corrected chi connectivity index (χ0v) is 17.1. The third-order valence-corrected chi connectivity index (χ3v) is 4.22. The van der Waals surface area contributed by atoms with Gasteiger partial charge in [-0.2, -0.15) is 0 Å². The molecule has 160 valence electrons. The van der Waals surface area contributed by atoms with Crippen LogP contribution in [0.1, 0.15) is 32.4 Å². The van der Waals surface area contributed by atoms with Crippen molar-refractivity contribution in [3.05, 3.63) is 66.0 Å². The lowest BCUT2D eigenvalue weighted by molar-refractivity contribution is -0.161. The van der Waals surface area contributed by atoms with Gasteiger partial charge in [-0.3, -0.25) is 9.59 Å². The van der Waals surface area contributed by atoms with Crippen LogP contribution in [0, 0.1) is 5.82 Å². The van der Waals surface area contributed by atoms with Crippen molar-refractivity contribution in [3.8, 4) is 0 Å². The number of ether oxygens (including phenoxy) is 1. The molecule has 0 aliphatic rings. The summed E-state index contributed by atoms with van der Waals surface area (Å²) < 4.78 is 17.9. The van der Waals surface area contributed by atoms with Crippen molar-refractivity contribution in [1.82, 2.24) is 4.90 Å². The van der Waals surface area contributed by atoms with Crippen LogP contribution in [0.3, 0.4) is 0 Å². The summed E-state index contributed by atoms with van der Waals surface area (Å²) in [5.74, 6) is -2.47. The Morgan fingerprint density at radius 3 is 2.23 bits per heavy atom. The number of hydrogen-bond donors (Lipinski definition) is 2. The third-order valence-electron chi connectivity index (χ3n) is 4.22. The largest absolute Gasteiger partial charge is 0.453 e. The molecule has 0 aliphatic carbocycles. The van der Waals surface area contributed by atoms with Gasteiger partial charge < -0.3 is 20.1 Å². The maximum atomic E-state index is 13.0. The van der Waals surface area contributed by atoms with Gasteiger partial charge in [-0.15, -0.1) is 0 Å².